The van der Waals surface area contributed by atoms with E-state index >= 15 is 0 Å². The van der Waals surface area contributed by atoms with Crippen LogP contribution in [0.2, 0.25) is 0 Å². The number of amides is 1. The van der Waals surface area contributed by atoms with Gasteiger partial charge < -0.3 is 11.1 Å². The minimum absolute atomic E-state index is 0.111. The van der Waals surface area contributed by atoms with Crippen molar-refractivity contribution in [3.8, 4) is 0 Å². The number of aromatic nitrogens is 1. The Balaban J connectivity index is 2.05. The first kappa shape index (κ1) is 16.5. The lowest BCUT2D eigenvalue weighted by Gasteiger charge is -2.17. The van der Waals surface area contributed by atoms with Crippen LogP contribution in [0, 0.1) is 0 Å². The molecule has 0 aliphatic carbocycles. The van der Waals surface area contributed by atoms with Crippen molar-refractivity contribution in [2.24, 2.45) is 0 Å². The van der Waals surface area contributed by atoms with Crippen molar-refractivity contribution in [3.05, 3.63) is 46.5 Å². The van der Waals surface area contributed by atoms with Crippen LogP contribution in [0.15, 0.2) is 30.3 Å². The van der Waals surface area contributed by atoms with E-state index in [1.807, 2.05) is 30.3 Å². The molecule has 5 nitrogen and oxygen atoms in total. The molecule has 1 aromatic heterocycles. The molecular weight excluding hydrogens is 296 g/mol. The van der Waals surface area contributed by atoms with Gasteiger partial charge in [0.2, 0.25) is 0 Å². The lowest BCUT2D eigenvalue weighted by Crippen LogP contribution is -2.26. The first-order valence-corrected chi connectivity index (χ1v) is 8.25. The predicted molar refractivity (Wildman–Crippen MR) is 90.8 cm³/mol. The molecule has 0 aliphatic rings. The predicted octanol–water partition coefficient (Wildman–Crippen LogP) is 2.50. The van der Waals surface area contributed by atoms with E-state index in [2.05, 4.69) is 29.0 Å². The van der Waals surface area contributed by atoms with Gasteiger partial charge in [0.25, 0.3) is 5.91 Å². The third kappa shape index (κ3) is 4.29. The van der Waals surface area contributed by atoms with E-state index < -0.39 is 0 Å². The third-order valence-electron chi connectivity index (χ3n) is 3.48. The number of nitrogens with one attached hydrogen (secondary N) is 1. The fourth-order valence-electron chi connectivity index (χ4n) is 2.17. The summed E-state index contributed by atoms with van der Waals surface area (Å²) in [5.41, 5.74) is 7.62. The van der Waals surface area contributed by atoms with Crippen molar-refractivity contribution >= 4 is 22.4 Å². The molecule has 0 saturated carbocycles. The Morgan fingerprint density at radius 1 is 1.27 bits per heavy atom. The first-order chi connectivity index (χ1) is 10.6. The first-order valence-electron chi connectivity index (χ1n) is 7.43. The maximum absolute atomic E-state index is 12.4. The monoisotopic (exact) mass is 318 g/mol. The molecule has 1 amide bonds. The van der Waals surface area contributed by atoms with Gasteiger partial charge in [-0.05, 0) is 18.7 Å². The molecule has 0 unspecified atom stereocenters. The Labute approximate surface area is 135 Å². The van der Waals surface area contributed by atoms with Gasteiger partial charge in [-0.3, -0.25) is 9.69 Å². The lowest BCUT2D eigenvalue weighted by molar-refractivity contribution is 0.0952. The smallest absolute Gasteiger partial charge is 0.263 e. The molecule has 0 spiro atoms. The highest BCUT2D eigenvalue weighted by molar-refractivity contribution is 7.17. The van der Waals surface area contributed by atoms with Gasteiger partial charge in [0.05, 0.1) is 5.69 Å². The molecule has 22 heavy (non-hydrogen) atoms. The summed E-state index contributed by atoms with van der Waals surface area (Å²) in [5.74, 6) is -0.111. The second-order valence-corrected chi connectivity index (χ2v) is 5.99. The zero-order valence-electron chi connectivity index (χ0n) is 13.0. The molecule has 0 fully saturated rings. The van der Waals surface area contributed by atoms with E-state index in [1.54, 1.807) is 0 Å². The molecule has 6 heteroatoms. The summed E-state index contributed by atoms with van der Waals surface area (Å²) in [6.45, 7) is 7.16. The van der Waals surface area contributed by atoms with Crippen LogP contribution in [0.3, 0.4) is 0 Å². The second-order valence-electron chi connectivity index (χ2n) is 4.96. The van der Waals surface area contributed by atoms with Crippen LogP contribution in [-0.4, -0.2) is 28.9 Å². The normalized spacial score (nSPS) is 10.9. The minimum atomic E-state index is -0.111. The average molecular weight is 318 g/mol. The van der Waals surface area contributed by atoms with E-state index in [0.29, 0.717) is 23.1 Å². The van der Waals surface area contributed by atoms with Gasteiger partial charge in [-0.2, -0.15) is 0 Å². The molecule has 118 valence electrons. The number of carbonyl (C=O) groups excluding carboxylic acids is 1. The molecule has 0 radical (unpaired) electrons. The van der Waals surface area contributed by atoms with Crippen LogP contribution in [0.1, 0.15) is 34.8 Å². The number of carbonyl (C=O) groups is 1. The number of nitrogen functional groups attached to an aromatic ring is 1. The van der Waals surface area contributed by atoms with Gasteiger partial charge in [0, 0.05) is 13.1 Å². The number of benzene rings is 1. The summed E-state index contributed by atoms with van der Waals surface area (Å²) < 4.78 is 0. The van der Waals surface area contributed by atoms with Crippen molar-refractivity contribution in [3.63, 3.8) is 0 Å². The van der Waals surface area contributed by atoms with Crippen molar-refractivity contribution in [2.75, 3.05) is 18.8 Å². The van der Waals surface area contributed by atoms with Crippen LogP contribution in [0.5, 0.6) is 0 Å². The molecule has 0 saturated heterocycles. The Morgan fingerprint density at radius 3 is 2.59 bits per heavy atom. The van der Waals surface area contributed by atoms with Crippen molar-refractivity contribution in [1.82, 2.24) is 15.2 Å². The minimum Gasteiger partial charge on any atom is -0.375 e. The van der Waals surface area contributed by atoms with Crippen LogP contribution in [0.4, 0.5) is 5.13 Å². The van der Waals surface area contributed by atoms with Crippen molar-refractivity contribution < 1.29 is 4.79 Å². The third-order valence-corrected chi connectivity index (χ3v) is 4.41. The van der Waals surface area contributed by atoms with Gasteiger partial charge in [-0.1, -0.05) is 55.5 Å². The topological polar surface area (TPSA) is 71.2 Å². The van der Waals surface area contributed by atoms with E-state index in [4.69, 9.17) is 5.73 Å². The van der Waals surface area contributed by atoms with Crippen LogP contribution in [0.25, 0.3) is 0 Å². The summed E-state index contributed by atoms with van der Waals surface area (Å²) in [6, 6.07) is 9.84. The van der Waals surface area contributed by atoms with Gasteiger partial charge in [-0.15, -0.1) is 0 Å². The van der Waals surface area contributed by atoms with Gasteiger partial charge in [0.1, 0.15) is 4.88 Å². The second kappa shape index (κ2) is 7.91. The molecule has 2 rings (SSSR count). The van der Waals surface area contributed by atoms with E-state index in [-0.39, 0.29) is 5.91 Å². The molecule has 2 aromatic rings. The fourth-order valence-corrected chi connectivity index (χ4v) is 2.93. The molecule has 0 aliphatic heterocycles. The standard InChI is InChI=1S/C16H22N4OS/c1-3-20(4-2)11-13-14(22-16(17)19-13)15(21)18-10-12-8-6-5-7-9-12/h5-9H,3-4,10-11H2,1-2H3,(H2,17,19)(H,18,21). The average Bonchev–Trinajstić information content (AvgIpc) is 2.92. The quantitative estimate of drug-likeness (QED) is 0.823. The number of nitrogens with zero attached hydrogens (tertiary/aromatic N) is 2. The number of hydrogen-bond acceptors (Lipinski definition) is 5. The summed E-state index contributed by atoms with van der Waals surface area (Å²) in [5, 5.41) is 3.37. The Kier molecular flexibility index (Phi) is 5.91. The van der Waals surface area contributed by atoms with E-state index in [1.165, 1.54) is 11.3 Å². The molecular formula is C16H22N4OS. The summed E-state index contributed by atoms with van der Waals surface area (Å²) in [4.78, 5) is 19.5. The maximum atomic E-state index is 12.4. The van der Waals surface area contributed by atoms with Gasteiger partial charge in [0.15, 0.2) is 5.13 Å². The Hall–Kier alpha value is -1.92. The number of rotatable bonds is 7. The van der Waals surface area contributed by atoms with Crippen molar-refractivity contribution in [2.45, 2.75) is 26.9 Å². The van der Waals surface area contributed by atoms with E-state index in [9.17, 15) is 4.79 Å². The largest absolute Gasteiger partial charge is 0.375 e. The maximum Gasteiger partial charge on any atom is 0.263 e. The number of nitrogens with two attached hydrogens (primary N) is 1. The number of hydrogen-bond donors (Lipinski definition) is 2. The highest BCUT2D eigenvalue weighted by Crippen LogP contribution is 2.22. The summed E-state index contributed by atoms with van der Waals surface area (Å²) in [6.07, 6.45) is 0. The number of anilines is 1. The van der Waals surface area contributed by atoms with E-state index in [0.717, 1.165) is 24.3 Å². The molecule has 1 heterocycles. The summed E-state index contributed by atoms with van der Waals surface area (Å²) in [7, 11) is 0. The fraction of sp³-hybridized carbons (Fsp3) is 0.375. The van der Waals surface area contributed by atoms with Crippen molar-refractivity contribution in [1.29, 1.82) is 0 Å². The summed E-state index contributed by atoms with van der Waals surface area (Å²) >= 11 is 1.25. The SMILES string of the molecule is CCN(CC)Cc1nc(N)sc1C(=O)NCc1ccccc1. The Morgan fingerprint density at radius 2 is 1.95 bits per heavy atom. The van der Waals surface area contributed by atoms with Crippen LogP contribution >= 0.6 is 11.3 Å². The number of thiazole rings is 1. The van der Waals surface area contributed by atoms with Gasteiger partial charge in [-0.25, -0.2) is 4.98 Å². The molecule has 0 atom stereocenters. The van der Waals surface area contributed by atoms with Crippen LogP contribution < -0.4 is 11.1 Å². The molecule has 1 aromatic carbocycles. The Bertz CT molecular complexity index is 608. The van der Waals surface area contributed by atoms with Gasteiger partial charge >= 0.3 is 0 Å². The zero-order chi connectivity index (χ0) is 15.9. The highest BCUT2D eigenvalue weighted by atomic mass is 32.1. The van der Waals surface area contributed by atoms with Crippen LogP contribution in [-0.2, 0) is 13.1 Å². The lowest BCUT2D eigenvalue weighted by atomic mass is 10.2. The zero-order valence-corrected chi connectivity index (χ0v) is 13.8. The highest BCUT2D eigenvalue weighted by Gasteiger charge is 2.18. The molecule has 3 N–H and O–H groups in total. The molecule has 0 bridgehead atoms.